The van der Waals surface area contributed by atoms with Gasteiger partial charge in [0.25, 0.3) is 0 Å². The van der Waals surface area contributed by atoms with Crippen molar-refractivity contribution >= 4 is 33.4 Å². The number of nitrogens with zero attached hydrogens (tertiary/aromatic N) is 1. The number of rotatable bonds is 8. The molecule has 188 valence electrons. The maximum absolute atomic E-state index is 13.2. The quantitative estimate of drug-likeness (QED) is 0.539. The van der Waals surface area contributed by atoms with Crippen LogP contribution in [0.1, 0.15) is 29.5 Å². The summed E-state index contributed by atoms with van der Waals surface area (Å²) in [4.78, 5) is 12.9. The molecule has 2 fully saturated rings. The highest BCUT2D eigenvalue weighted by molar-refractivity contribution is 7.89. The van der Waals surface area contributed by atoms with Gasteiger partial charge in [0.05, 0.1) is 35.6 Å². The number of carbonyl (C=O) groups is 1. The van der Waals surface area contributed by atoms with Gasteiger partial charge in [-0.3, -0.25) is 4.79 Å². The summed E-state index contributed by atoms with van der Waals surface area (Å²) in [6, 6.07) is 10.8. The van der Waals surface area contributed by atoms with Gasteiger partial charge in [0.2, 0.25) is 15.9 Å². The summed E-state index contributed by atoms with van der Waals surface area (Å²) in [5.41, 5.74) is 4.24. The fourth-order valence-corrected chi connectivity index (χ4v) is 5.69. The van der Waals surface area contributed by atoms with E-state index in [0.717, 1.165) is 36.1 Å². The summed E-state index contributed by atoms with van der Waals surface area (Å²) >= 11 is 0. The average molecular weight is 500 g/mol. The van der Waals surface area contributed by atoms with E-state index < -0.39 is 10.0 Å². The first kappa shape index (κ1) is 25.4. The minimum absolute atomic E-state index is 0.0970. The maximum Gasteiger partial charge on any atom is 0.248 e. The number of hydrogen-bond donors (Lipinski definition) is 2. The summed E-state index contributed by atoms with van der Waals surface area (Å²) in [7, 11) is -3.70. The lowest BCUT2D eigenvalue weighted by molar-refractivity contribution is -0.111. The monoisotopic (exact) mass is 499 g/mol. The molecule has 2 saturated heterocycles. The molecule has 2 aliphatic heterocycles. The van der Waals surface area contributed by atoms with E-state index in [1.807, 2.05) is 26.0 Å². The third-order valence-corrected chi connectivity index (χ3v) is 8.14. The first-order valence-corrected chi connectivity index (χ1v) is 13.4. The number of anilines is 2. The van der Waals surface area contributed by atoms with Crippen LogP contribution < -0.4 is 10.6 Å². The number of hydrogen-bond acceptors (Lipinski definition) is 6. The van der Waals surface area contributed by atoms with E-state index in [1.54, 1.807) is 18.2 Å². The number of carbonyl (C=O) groups excluding carboxylic acids is 1. The fourth-order valence-electron chi connectivity index (χ4n) is 4.26. The smallest absolute Gasteiger partial charge is 0.248 e. The van der Waals surface area contributed by atoms with Crippen LogP contribution in [0.4, 0.5) is 11.4 Å². The third-order valence-electron chi connectivity index (χ3n) is 6.24. The molecule has 9 heteroatoms. The molecule has 0 radical (unpaired) electrons. The van der Waals surface area contributed by atoms with Crippen molar-refractivity contribution in [3.8, 4) is 0 Å². The van der Waals surface area contributed by atoms with E-state index in [0.29, 0.717) is 44.2 Å². The van der Waals surface area contributed by atoms with Crippen molar-refractivity contribution in [2.75, 3.05) is 50.1 Å². The van der Waals surface area contributed by atoms with Gasteiger partial charge in [-0.2, -0.15) is 4.31 Å². The zero-order valence-corrected chi connectivity index (χ0v) is 21.1. The predicted octanol–water partition coefficient (Wildman–Crippen LogP) is 3.57. The van der Waals surface area contributed by atoms with Gasteiger partial charge in [-0.1, -0.05) is 23.8 Å². The van der Waals surface area contributed by atoms with Gasteiger partial charge < -0.3 is 20.1 Å². The molecule has 35 heavy (non-hydrogen) atoms. The van der Waals surface area contributed by atoms with Crippen LogP contribution in [0.2, 0.25) is 0 Å². The maximum atomic E-state index is 13.2. The number of nitrogens with one attached hydrogen (secondary N) is 2. The highest BCUT2D eigenvalue weighted by Crippen LogP contribution is 2.28. The van der Waals surface area contributed by atoms with E-state index in [-0.39, 0.29) is 16.9 Å². The minimum Gasteiger partial charge on any atom is -0.381 e. The topological polar surface area (TPSA) is 97.0 Å². The Balaban J connectivity index is 1.56. The Kier molecular flexibility index (Phi) is 8.22. The Morgan fingerprint density at radius 1 is 1.09 bits per heavy atom. The SMILES string of the molecule is Cc1ccc(/C=C/C(=O)Nc2cc(S(=O)(=O)N3CCOCC3)ccc2NCC2CCCO2)c(C)c1. The van der Waals surface area contributed by atoms with E-state index in [1.165, 1.54) is 16.4 Å². The molecule has 2 aromatic rings. The predicted molar refractivity (Wildman–Crippen MR) is 137 cm³/mol. The molecule has 0 aliphatic carbocycles. The van der Waals surface area contributed by atoms with Crippen LogP contribution in [0.5, 0.6) is 0 Å². The second-order valence-corrected chi connectivity index (χ2v) is 10.9. The second kappa shape index (κ2) is 11.3. The number of amides is 1. The molecule has 0 saturated carbocycles. The van der Waals surface area contributed by atoms with E-state index >= 15 is 0 Å². The van der Waals surface area contributed by atoms with Crippen molar-refractivity contribution in [2.24, 2.45) is 0 Å². The average Bonchev–Trinajstić information content (AvgIpc) is 3.37. The van der Waals surface area contributed by atoms with Crippen molar-refractivity contribution in [1.29, 1.82) is 0 Å². The van der Waals surface area contributed by atoms with Crippen molar-refractivity contribution in [2.45, 2.75) is 37.7 Å². The lowest BCUT2D eigenvalue weighted by atomic mass is 10.1. The fraction of sp³-hybridized carbons (Fsp3) is 0.423. The van der Waals surface area contributed by atoms with Gasteiger partial charge in [0.1, 0.15) is 0 Å². The van der Waals surface area contributed by atoms with Gasteiger partial charge in [-0.25, -0.2) is 8.42 Å². The molecule has 8 nitrogen and oxygen atoms in total. The molecule has 1 atom stereocenters. The number of benzene rings is 2. The zero-order valence-electron chi connectivity index (χ0n) is 20.2. The van der Waals surface area contributed by atoms with Crippen LogP contribution in [0.15, 0.2) is 47.4 Å². The Hall–Kier alpha value is -2.72. The van der Waals surface area contributed by atoms with Crippen molar-refractivity contribution in [1.82, 2.24) is 4.31 Å². The molecule has 0 bridgehead atoms. The number of aryl methyl sites for hydroxylation is 2. The first-order valence-electron chi connectivity index (χ1n) is 12.0. The van der Waals surface area contributed by atoms with Crippen molar-refractivity contribution in [3.05, 3.63) is 59.2 Å². The Bertz CT molecular complexity index is 1180. The van der Waals surface area contributed by atoms with E-state index in [4.69, 9.17) is 9.47 Å². The van der Waals surface area contributed by atoms with Gasteiger partial charge >= 0.3 is 0 Å². The molecule has 2 N–H and O–H groups in total. The molecular formula is C26H33N3O5S. The molecule has 0 aromatic heterocycles. The van der Waals surface area contributed by atoms with E-state index in [9.17, 15) is 13.2 Å². The first-order chi connectivity index (χ1) is 16.8. The standard InChI is InChI=1S/C26H33N3O5S/c1-19-5-6-21(20(2)16-19)7-10-26(30)28-25-17-23(35(31,32)29-11-14-33-15-12-29)8-9-24(25)27-18-22-4-3-13-34-22/h5-10,16-17,22,27H,3-4,11-15,18H2,1-2H3,(H,28,30)/b10-7+. The minimum atomic E-state index is -3.70. The number of ether oxygens (including phenoxy) is 2. The van der Waals surface area contributed by atoms with Gasteiger partial charge in [0.15, 0.2) is 0 Å². The van der Waals surface area contributed by atoms with Crippen LogP contribution in [0.25, 0.3) is 6.08 Å². The molecule has 1 unspecified atom stereocenters. The normalized spacial score (nSPS) is 19.2. The third kappa shape index (κ3) is 6.49. The summed E-state index contributed by atoms with van der Waals surface area (Å²) in [5.74, 6) is -0.342. The van der Waals surface area contributed by atoms with E-state index in [2.05, 4.69) is 16.7 Å². The highest BCUT2D eigenvalue weighted by atomic mass is 32.2. The van der Waals surface area contributed by atoms with Gasteiger partial charge in [-0.05, 0) is 62.1 Å². The van der Waals surface area contributed by atoms with Crippen LogP contribution in [0.3, 0.4) is 0 Å². The van der Waals surface area contributed by atoms with Crippen LogP contribution in [-0.2, 0) is 24.3 Å². The summed E-state index contributed by atoms with van der Waals surface area (Å²) < 4.78 is 38.8. The molecular weight excluding hydrogens is 466 g/mol. The van der Waals surface area contributed by atoms with Crippen molar-refractivity contribution < 1.29 is 22.7 Å². The largest absolute Gasteiger partial charge is 0.381 e. The zero-order chi connectivity index (χ0) is 24.8. The van der Waals surface area contributed by atoms with Crippen LogP contribution >= 0.6 is 0 Å². The molecule has 0 spiro atoms. The second-order valence-electron chi connectivity index (χ2n) is 8.92. The molecule has 2 aromatic carbocycles. The van der Waals surface area contributed by atoms with Crippen LogP contribution in [0, 0.1) is 13.8 Å². The Morgan fingerprint density at radius 3 is 2.60 bits per heavy atom. The Labute approximate surface area is 207 Å². The molecule has 4 rings (SSSR count). The molecule has 1 amide bonds. The number of morpholine rings is 1. The van der Waals surface area contributed by atoms with Gasteiger partial charge in [0, 0.05) is 32.3 Å². The summed E-state index contributed by atoms with van der Waals surface area (Å²) in [5, 5.41) is 6.18. The van der Waals surface area contributed by atoms with Gasteiger partial charge in [-0.15, -0.1) is 0 Å². The van der Waals surface area contributed by atoms with Crippen LogP contribution in [-0.4, -0.2) is 64.2 Å². The van der Waals surface area contributed by atoms with Crippen molar-refractivity contribution in [3.63, 3.8) is 0 Å². The number of sulfonamides is 1. The molecule has 2 heterocycles. The highest BCUT2D eigenvalue weighted by Gasteiger charge is 2.27. The summed E-state index contributed by atoms with van der Waals surface area (Å²) in [6.45, 7) is 6.70. The Morgan fingerprint density at radius 2 is 1.89 bits per heavy atom. The lowest BCUT2D eigenvalue weighted by Crippen LogP contribution is -2.40. The lowest BCUT2D eigenvalue weighted by Gasteiger charge is -2.26. The summed E-state index contributed by atoms with van der Waals surface area (Å²) in [6.07, 6.45) is 5.31. The molecule has 2 aliphatic rings.